The smallest absolute Gasteiger partial charge is 0.228 e. The third-order valence-electron chi connectivity index (χ3n) is 2.27. The van der Waals surface area contributed by atoms with E-state index in [2.05, 4.69) is 20.9 Å². The van der Waals surface area contributed by atoms with Gasteiger partial charge < -0.3 is 4.74 Å². The van der Waals surface area contributed by atoms with E-state index in [0.29, 0.717) is 6.10 Å². The van der Waals surface area contributed by atoms with Crippen molar-refractivity contribution in [1.82, 2.24) is 4.98 Å². The maximum Gasteiger partial charge on any atom is 0.228 e. The molecule has 13 heavy (non-hydrogen) atoms. The van der Waals surface area contributed by atoms with Crippen LogP contribution in [0, 0.1) is 6.92 Å². The first kappa shape index (κ1) is 9.00. The lowest BCUT2D eigenvalue weighted by molar-refractivity contribution is 0.113. The Morgan fingerprint density at radius 3 is 2.85 bits per heavy atom. The van der Waals surface area contributed by atoms with Gasteiger partial charge in [0, 0.05) is 6.20 Å². The molecule has 1 aliphatic rings. The highest BCUT2D eigenvalue weighted by molar-refractivity contribution is 9.10. The van der Waals surface area contributed by atoms with Crippen molar-refractivity contribution in [1.29, 1.82) is 0 Å². The van der Waals surface area contributed by atoms with Gasteiger partial charge in [-0.3, -0.25) is 0 Å². The van der Waals surface area contributed by atoms with Crippen LogP contribution in [0.5, 0.6) is 5.88 Å². The van der Waals surface area contributed by atoms with E-state index < -0.39 is 0 Å². The molecule has 1 heterocycles. The number of hydrogen-bond acceptors (Lipinski definition) is 2. The predicted octanol–water partition coefficient (Wildman–Crippen LogP) is 3.08. The minimum Gasteiger partial charge on any atom is -0.474 e. The van der Waals surface area contributed by atoms with Gasteiger partial charge in [-0.05, 0) is 53.7 Å². The molecule has 2 nitrogen and oxygen atoms in total. The fraction of sp³-hybridized carbons (Fsp3) is 0.500. The highest BCUT2D eigenvalue weighted by Gasteiger charge is 2.20. The number of nitrogens with zero attached hydrogens (tertiary/aromatic N) is 1. The van der Waals surface area contributed by atoms with Crippen LogP contribution in [-0.4, -0.2) is 11.1 Å². The van der Waals surface area contributed by atoms with E-state index in [9.17, 15) is 0 Å². The molecule has 1 aromatic heterocycles. The van der Waals surface area contributed by atoms with E-state index in [1.165, 1.54) is 19.3 Å². The number of rotatable bonds is 2. The van der Waals surface area contributed by atoms with Crippen molar-refractivity contribution in [3.8, 4) is 5.88 Å². The number of hydrogen-bond donors (Lipinski definition) is 0. The summed E-state index contributed by atoms with van der Waals surface area (Å²) in [6.45, 7) is 2.02. The molecule has 0 spiro atoms. The summed E-state index contributed by atoms with van der Waals surface area (Å²) in [5.74, 6) is 0.732. The minimum atomic E-state index is 0.395. The molecule has 0 atom stereocenters. The van der Waals surface area contributed by atoms with E-state index in [1.54, 1.807) is 0 Å². The Hall–Kier alpha value is -0.570. The molecule has 1 saturated carbocycles. The molecule has 0 aromatic carbocycles. The van der Waals surface area contributed by atoms with Gasteiger partial charge in [-0.2, -0.15) is 0 Å². The Morgan fingerprint density at radius 2 is 2.31 bits per heavy atom. The summed E-state index contributed by atoms with van der Waals surface area (Å²) >= 11 is 3.44. The molecule has 0 radical (unpaired) electrons. The average Bonchev–Trinajstić information content (AvgIpc) is 1.99. The van der Waals surface area contributed by atoms with Crippen LogP contribution in [0.2, 0.25) is 0 Å². The second kappa shape index (κ2) is 3.66. The summed E-state index contributed by atoms with van der Waals surface area (Å²) in [5.41, 5.74) is 1.15. The Morgan fingerprint density at radius 1 is 1.54 bits per heavy atom. The summed E-state index contributed by atoms with van der Waals surface area (Å²) in [5, 5.41) is 0. The molecule has 1 aromatic rings. The number of pyridine rings is 1. The lowest BCUT2D eigenvalue weighted by Crippen LogP contribution is -2.25. The van der Waals surface area contributed by atoms with Gasteiger partial charge in [0.05, 0.1) is 4.47 Å². The summed E-state index contributed by atoms with van der Waals surface area (Å²) in [6.07, 6.45) is 5.85. The van der Waals surface area contributed by atoms with E-state index in [1.807, 2.05) is 19.2 Å². The summed E-state index contributed by atoms with van der Waals surface area (Å²) < 4.78 is 6.64. The van der Waals surface area contributed by atoms with Crippen molar-refractivity contribution < 1.29 is 4.74 Å². The first-order chi connectivity index (χ1) is 6.25. The highest BCUT2D eigenvalue weighted by Crippen LogP contribution is 2.29. The van der Waals surface area contributed by atoms with E-state index in [0.717, 1.165) is 15.9 Å². The van der Waals surface area contributed by atoms with Crippen molar-refractivity contribution >= 4 is 15.9 Å². The van der Waals surface area contributed by atoms with E-state index >= 15 is 0 Å². The normalized spacial score (nSPS) is 16.8. The SMILES string of the molecule is Cc1cnc(OC2CCC2)c(Br)c1. The Labute approximate surface area is 86.5 Å². The van der Waals surface area contributed by atoms with Gasteiger partial charge in [0.2, 0.25) is 5.88 Å². The molecular weight excluding hydrogens is 230 g/mol. The Kier molecular flexibility index (Phi) is 2.54. The molecule has 0 unspecified atom stereocenters. The first-order valence-corrected chi connectivity index (χ1v) is 5.34. The molecule has 0 bridgehead atoms. The van der Waals surface area contributed by atoms with Gasteiger partial charge in [0.25, 0.3) is 0 Å². The number of aryl methyl sites for hydroxylation is 1. The summed E-state index contributed by atoms with van der Waals surface area (Å²) in [4.78, 5) is 4.23. The van der Waals surface area contributed by atoms with Gasteiger partial charge in [-0.1, -0.05) is 0 Å². The third-order valence-corrected chi connectivity index (χ3v) is 2.84. The predicted molar refractivity (Wildman–Crippen MR) is 54.9 cm³/mol. The van der Waals surface area contributed by atoms with Gasteiger partial charge in [0.15, 0.2) is 0 Å². The fourth-order valence-corrected chi connectivity index (χ4v) is 1.81. The zero-order valence-corrected chi connectivity index (χ0v) is 9.17. The minimum absolute atomic E-state index is 0.395. The molecule has 70 valence electrons. The Balaban J connectivity index is 2.10. The number of aromatic nitrogens is 1. The third kappa shape index (κ3) is 2.02. The van der Waals surface area contributed by atoms with E-state index in [4.69, 9.17) is 4.74 Å². The van der Waals surface area contributed by atoms with Crippen LogP contribution in [0.25, 0.3) is 0 Å². The standard InChI is InChI=1S/C10H12BrNO/c1-7-5-9(11)10(12-6-7)13-8-3-2-4-8/h5-6,8H,2-4H2,1H3. The van der Waals surface area contributed by atoms with Crippen LogP contribution < -0.4 is 4.74 Å². The zero-order valence-electron chi connectivity index (χ0n) is 7.59. The summed E-state index contributed by atoms with van der Waals surface area (Å²) in [7, 11) is 0. The number of halogens is 1. The topological polar surface area (TPSA) is 22.1 Å². The maximum absolute atomic E-state index is 5.68. The van der Waals surface area contributed by atoms with Crippen LogP contribution >= 0.6 is 15.9 Å². The molecule has 0 N–H and O–H groups in total. The average molecular weight is 242 g/mol. The zero-order chi connectivity index (χ0) is 9.26. The second-order valence-corrected chi connectivity index (χ2v) is 4.32. The van der Waals surface area contributed by atoms with Crippen LogP contribution in [0.15, 0.2) is 16.7 Å². The van der Waals surface area contributed by atoms with Crippen LogP contribution in [-0.2, 0) is 0 Å². The molecule has 1 aliphatic carbocycles. The molecule has 0 aliphatic heterocycles. The largest absolute Gasteiger partial charge is 0.474 e. The van der Waals surface area contributed by atoms with Crippen molar-refractivity contribution in [3.05, 3.63) is 22.3 Å². The lowest BCUT2D eigenvalue weighted by atomic mass is 9.96. The van der Waals surface area contributed by atoms with Crippen molar-refractivity contribution in [3.63, 3.8) is 0 Å². The molecule has 3 heteroatoms. The molecule has 0 saturated heterocycles. The molecular formula is C10H12BrNO. The fourth-order valence-electron chi connectivity index (χ4n) is 1.25. The summed E-state index contributed by atoms with van der Waals surface area (Å²) in [6, 6.07) is 2.03. The van der Waals surface area contributed by atoms with Crippen molar-refractivity contribution in [2.45, 2.75) is 32.3 Å². The quantitative estimate of drug-likeness (QED) is 0.795. The highest BCUT2D eigenvalue weighted by atomic mass is 79.9. The van der Waals surface area contributed by atoms with Gasteiger partial charge in [-0.25, -0.2) is 4.98 Å². The maximum atomic E-state index is 5.68. The van der Waals surface area contributed by atoms with Gasteiger partial charge >= 0.3 is 0 Å². The van der Waals surface area contributed by atoms with Gasteiger partial charge in [0.1, 0.15) is 6.10 Å². The number of ether oxygens (including phenoxy) is 1. The molecule has 0 amide bonds. The van der Waals surface area contributed by atoms with Crippen molar-refractivity contribution in [2.24, 2.45) is 0 Å². The van der Waals surface area contributed by atoms with E-state index in [-0.39, 0.29) is 0 Å². The molecule has 2 rings (SSSR count). The van der Waals surface area contributed by atoms with Crippen LogP contribution in [0.1, 0.15) is 24.8 Å². The van der Waals surface area contributed by atoms with Gasteiger partial charge in [-0.15, -0.1) is 0 Å². The van der Waals surface area contributed by atoms with Crippen molar-refractivity contribution in [2.75, 3.05) is 0 Å². The monoisotopic (exact) mass is 241 g/mol. The Bertz CT molecular complexity index is 310. The first-order valence-electron chi connectivity index (χ1n) is 4.54. The second-order valence-electron chi connectivity index (χ2n) is 3.47. The van der Waals surface area contributed by atoms with Crippen LogP contribution in [0.3, 0.4) is 0 Å². The lowest BCUT2D eigenvalue weighted by Gasteiger charge is -2.26. The van der Waals surface area contributed by atoms with Crippen LogP contribution in [0.4, 0.5) is 0 Å². The molecule has 1 fully saturated rings.